The van der Waals surface area contributed by atoms with Gasteiger partial charge in [-0.3, -0.25) is 0 Å². The lowest BCUT2D eigenvalue weighted by molar-refractivity contribution is -0.111. The summed E-state index contributed by atoms with van der Waals surface area (Å²) >= 11 is 0. The molecule has 5 nitrogen and oxygen atoms in total. The number of hydrogen-bond acceptors (Lipinski definition) is 4. The predicted octanol–water partition coefficient (Wildman–Crippen LogP) is -0.324. The minimum absolute atomic E-state index is 0.419. The summed E-state index contributed by atoms with van der Waals surface area (Å²) in [6.07, 6.45) is 0.790. The molecular weight excluding hydrogens is 132 g/mol. The summed E-state index contributed by atoms with van der Waals surface area (Å²) in [6.45, 7) is 3.45. The second-order valence-electron chi connectivity index (χ2n) is 2.57. The molecule has 0 saturated carbocycles. The molecule has 10 heavy (non-hydrogen) atoms. The maximum atomic E-state index is 10.4. The molecule has 1 N–H and O–H groups in total. The van der Waals surface area contributed by atoms with Crippen LogP contribution in [0.25, 0.3) is 0 Å². The van der Waals surface area contributed by atoms with Gasteiger partial charge in [-0.1, -0.05) is 5.21 Å². The van der Waals surface area contributed by atoms with Gasteiger partial charge in [0.25, 0.3) is 0 Å². The van der Waals surface area contributed by atoms with Crippen LogP contribution in [0.3, 0.4) is 0 Å². The molecule has 0 fully saturated rings. The summed E-state index contributed by atoms with van der Waals surface area (Å²) in [6, 6.07) is 0. The lowest BCUT2D eigenvalue weighted by Gasteiger charge is -2.08. The molecule has 1 aromatic rings. The van der Waals surface area contributed by atoms with E-state index in [-0.39, 0.29) is 0 Å². The zero-order valence-electron chi connectivity index (χ0n) is 5.83. The number of tetrazole rings is 1. The van der Waals surface area contributed by atoms with E-state index in [4.69, 9.17) is 0 Å². The Labute approximate surface area is 57.8 Å². The molecule has 1 heterocycles. The van der Waals surface area contributed by atoms with Crippen molar-refractivity contribution in [2.75, 3.05) is 0 Å². The van der Waals surface area contributed by atoms with Crippen molar-refractivity contribution < 1.29 is 4.79 Å². The molecule has 0 atom stereocenters. The largest absolute Gasteiger partial charge is 0.302 e. The first-order valence-electron chi connectivity index (χ1n) is 2.87. The van der Waals surface area contributed by atoms with Crippen molar-refractivity contribution in [2.24, 2.45) is 0 Å². The zero-order valence-corrected chi connectivity index (χ0v) is 5.83. The summed E-state index contributed by atoms with van der Waals surface area (Å²) in [4.78, 5) is 10.4. The highest BCUT2D eigenvalue weighted by Crippen LogP contribution is 2.13. The zero-order chi connectivity index (χ0) is 7.61. The number of nitrogens with one attached hydrogen (secondary N) is 1. The van der Waals surface area contributed by atoms with Crippen LogP contribution in [0.1, 0.15) is 19.7 Å². The third kappa shape index (κ3) is 1.02. The van der Waals surface area contributed by atoms with Gasteiger partial charge in [0.2, 0.25) is 0 Å². The van der Waals surface area contributed by atoms with E-state index < -0.39 is 5.41 Å². The molecule has 0 spiro atoms. The summed E-state index contributed by atoms with van der Waals surface area (Å²) in [5, 5.41) is 13.0. The van der Waals surface area contributed by atoms with Crippen LogP contribution in [0.15, 0.2) is 0 Å². The molecule has 0 unspecified atom stereocenters. The quantitative estimate of drug-likeness (QED) is 0.571. The second kappa shape index (κ2) is 2.17. The van der Waals surface area contributed by atoms with Gasteiger partial charge in [0, 0.05) is 0 Å². The molecular formula is C5H8N4O. The Kier molecular flexibility index (Phi) is 1.48. The molecule has 0 aliphatic carbocycles. The van der Waals surface area contributed by atoms with Crippen molar-refractivity contribution in [1.29, 1.82) is 0 Å². The molecule has 0 aliphatic heterocycles. The van der Waals surface area contributed by atoms with E-state index in [1.54, 1.807) is 13.8 Å². The van der Waals surface area contributed by atoms with Crippen LogP contribution in [0, 0.1) is 0 Å². The smallest absolute Gasteiger partial charge is 0.187 e. The third-order valence-electron chi connectivity index (χ3n) is 1.22. The van der Waals surface area contributed by atoms with E-state index >= 15 is 0 Å². The van der Waals surface area contributed by atoms with Crippen molar-refractivity contribution in [2.45, 2.75) is 19.3 Å². The number of hydrogen-bond donors (Lipinski definition) is 1. The fourth-order valence-corrected chi connectivity index (χ4v) is 0.487. The first-order chi connectivity index (χ1) is 4.67. The Hall–Kier alpha value is -1.26. The summed E-state index contributed by atoms with van der Waals surface area (Å²) in [5.41, 5.74) is -0.632. The molecule has 5 heteroatoms. The molecule has 0 amide bonds. The second-order valence-corrected chi connectivity index (χ2v) is 2.57. The highest BCUT2D eigenvalue weighted by Gasteiger charge is 2.23. The van der Waals surface area contributed by atoms with Crippen LogP contribution >= 0.6 is 0 Å². The van der Waals surface area contributed by atoms with Gasteiger partial charge < -0.3 is 4.79 Å². The first-order valence-corrected chi connectivity index (χ1v) is 2.87. The monoisotopic (exact) mass is 140 g/mol. The van der Waals surface area contributed by atoms with Crippen molar-refractivity contribution in [3.8, 4) is 0 Å². The molecule has 0 aliphatic rings. The van der Waals surface area contributed by atoms with Gasteiger partial charge in [0.05, 0.1) is 5.41 Å². The topological polar surface area (TPSA) is 71.5 Å². The van der Waals surface area contributed by atoms with E-state index in [0.29, 0.717) is 5.82 Å². The number of carbonyl (C=O) groups excluding carboxylic acids is 1. The van der Waals surface area contributed by atoms with E-state index in [1.165, 1.54) is 0 Å². The number of rotatable bonds is 2. The maximum absolute atomic E-state index is 10.4. The highest BCUT2D eigenvalue weighted by atomic mass is 16.1. The predicted molar refractivity (Wildman–Crippen MR) is 33.3 cm³/mol. The van der Waals surface area contributed by atoms with E-state index in [0.717, 1.165) is 6.29 Å². The summed E-state index contributed by atoms with van der Waals surface area (Å²) in [7, 11) is 0. The van der Waals surface area contributed by atoms with Crippen LogP contribution in [-0.4, -0.2) is 26.9 Å². The maximum Gasteiger partial charge on any atom is 0.187 e. The minimum Gasteiger partial charge on any atom is -0.302 e. The molecule has 0 radical (unpaired) electrons. The Morgan fingerprint density at radius 2 is 2.30 bits per heavy atom. The van der Waals surface area contributed by atoms with Crippen LogP contribution in [-0.2, 0) is 10.2 Å². The number of aromatic nitrogens is 4. The van der Waals surface area contributed by atoms with Crippen LogP contribution in [0.4, 0.5) is 0 Å². The van der Waals surface area contributed by atoms with Gasteiger partial charge in [-0.05, 0) is 13.8 Å². The number of carbonyl (C=O) groups is 1. The van der Waals surface area contributed by atoms with E-state index in [1.807, 2.05) is 0 Å². The summed E-state index contributed by atoms with van der Waals surface area (Å²) in [5.74, 6) is 0.419. The molecule has 0 saturated heterocycles. The minimum atomic E-state index is -0.632. The lowest BCUT2D eigenvalue weighted by atomic mass is 9.95. The molecule has 1 aromatic heterocycles. The molecule has 0 bridgehead atoms. The Morgan fingerprint density at radius 3 is 2.70 bits per heavy atom. The number of aromatic amines is 1. The molecule has 54 valence electrons. The van der Waals surface area contributed by atoms with Crippen molar-refractivity contribution in [1.82, 2.24) is 20.6 Å². The Morgan fingerprint density at radius 1 is 1.60 bits per heavy atom. The normalized spacial score (nSPS) is 11.4. The number of H-pyrrole nitrogens is 1. The van der Waals surface area contributed by atoms with Crippen molar-refractivity contribution >= 4 is 6.29 Å². The van der Waals surface area contributed by atoms with Crippen molar-refractivity contribution in [3.05, 3.63) is 5.82 Å². The van der Waals surface area contributed by atoms with E-state index in [2.05, 4.69) is 20.6 Å². The van der Waals surface area contributed by atoms with Crippen LogP contribution in [0.5, 0.6) is 0 Å². The number of nitrogens with zero attached hydrogens (tertiary/aromatic N) is 3. The first kappa shape index (κ1) is 6.85. The fourth-order valence-electron chi connectivity index (χ4n) is 0.487. The Balaban J connectivity index is 2.95. The van der Waals surface area contributed by atoms with Gasteiger partial charge >= 0.3 is 0 Å². The van der Waals surface area contributed by atoms with Crippen LogP contribution in [0.2, 0.25) is 0 Å². The van der Waals surface area contributed by atoms with Gasteiger partial charge in [0.15, 0.2) is 5.82 Å². The average Bonchev–Trinajstić information content (AvgIpc) is 2.38. The molecule has 1 rings (SSSR count). The van der Waals surface area contributed by atoms with Gasteiger partial charge in [-0.2, -0.15) is 5.21 Å². The van der Waals surface area contributed by atoms with Gasteiger partial charge in [-0.25, -0.2) is 0 Å². The van der Waals surface area contributed by atoms with Gasteiger partial charge in [-0.15, -0.1) is 10.2 Å². The third-order valence-corrected chi connectivity index (χ3v) is 1.22. The Bertz CT molecular complexity index is 216. The highest BCUT2D eigenvalue weighted by molar-refractivity contribution is 5.64. The standard InChI is InChI=1S/C5H8N4O/c1-5(2,3-10)4-6-8-9-7-4/h3H,1-2H3,(H,6,7,8,9). The average molecular weight is 140 g/mol. The van der Waals surface area contributed by atoms with Gasteiger partial charge in [0.1, 0.15) is 6.29 Å². The van der Waals surface area contributed by atoms with Crippen LogP contribution < -0.4 is 0 Å². The van der Waals surface area contributed by atoms with Crippen molar-refractivity contribution in [3.63, 3.8) is 0 Å². The van der Waals surface area contributed by atoms with E-state index in [9.17, 15) is 4.79 Å². The number of aldehydes is 1. The SMILES string of the molecule is CC(C)(C=O)c1nn[nH]n1. The lowest BCUT2D eigenvalue weighted by Crippen LogP contribution is -2.20. The fraction of sp³-hybridized carbons (Fsp3) is 0.600. The summed E-state index contributed by atoms with van der Waals surface area (Å²) < 4.78 is 0. The molecule has 0 aromatic carbocycles.